The van der Waals surface area contributed by atoms with E-state index in [0.717, 1.165) is 5.56 Å². The minimum absolute atomic E-state index is 0.380. The number of carbonyl (C=O) groups excluding carboxylic acids is 2. The second-order valence-electron chi connectivity index (χ2n) is 4.51. The number of piperazine rings is 1. The van der Waals surface area contributed by atoms with Gasteiger partial charge in [0.05, 0.1) is 27.0 Å². The first-order valence-electron chi connectivity index (χ1n) is 6.39. The molecule has 1 aliphatic rings. The first-order chi connectivity index (χ1) is 10.1. The second-order valence-corrected chi connectivity index (χ2v) is 4.51. The van der Waals surface area contributed by atoms with Gasteiger partial charge in [-0.3, -0.25) is 9.59 Å². The van der Waals surface area contributed by atoms with Gasteiger partial charge in [0.15, 0.2) is 11.5 Å². The van der Waals surface area contributed by atoms with Crippen molar-refractivity contribution >= 4 is 18.0 Å². The molecule has 1 aromatic rings. The Morgan fingerprint density at radius 2 is 1.81 bits per heavy atom. The molecule has 0 atom stereocenters. The number of amides is 2. The third-order valence-corrected chi connectivity index (χ3v) is 3.17. The molecule has 2 rings (SSSR count). The number of hydrazone groups is 1. The molecule has 0 unspecified atom stereocenters. The summed E-state index contributed by atoms with van der Waals surface area (Å²) in [6.07, 6.45) is 1.51. The van der Waals surface area contributed by atoms with Crippen molar-refractivity contribution in [2.24, 2.45) is 5.10 Å². The van der Waals surface area contributed by atoms with Crippen molar-refractivity contribution in [2.75, 3.05) is 34.4 Å². The normalized spacial score (nSPS) is 15.8. The predicted molar refractivity (Wildman–Crippen MR) is 76.5 cm³/mol. The largest absolute Gasteiger partial charge is 0.493 e. The van der Waals surface area contributed by atoms with Crippen molar-refractivity contribution in [3.05, 3.63) is 23.8 Å². The summed E-state index contributed by atoms with van der Waals surface area (Å²) in [7, 11) is 4.69. The van der Waals surface area contributed by atoms with Gasteiger partial charge in [0.1, 0.15) is 0 Å². The Labute approximate surface area is 122 Å². The van der Waals surface area contributed by atoms with Crippen LogP contribution in [-0.2, 0) is 9.59 Å². The van der Waals surface area contributed by atoms with Crippen molar-refractivity contribution in [3.63, 3.8) is 0 Å². The summed E-state index contributed by atoms with van der Waals surface area (Å²) in [5, 5.41) is 5.23. The Hall–Kier alpha value is -2.57. The van der Waals surface area contributed by atoms with Crippen molar-refractivity contribution in [3.8, 4) is 11.5 Å². The second kappa shape index (κ2) is 6.25. The lowest BCUT2D eigenvalue weighted by atomic mass is 10.2. The molecule has 1 aliphatic heterocycles. The van der Waals surface area contributed by atoms with Crippen LogP contribution in [0.25, 0.3) is 0 Å². The number of carbonyl (C=O) groups is 2. The summed E-state index contributed by atoms with van der Waals surface area (Å²) in [6.45, 7) is 0.846. The summed E-state index contributed by atoms with van der Waals surface area (Å²) >= 11 is 0. The Morgan fingerprint density at radius 1 is 1.10 bits per heavy atom. The van der Waals surface area contributed by atoms with Gasteiger partial charge in [0, 0.05) is 13.6 Å². The fraction of sp³-hybridized carbons (Fsp3) is 0.357. The number of hydrogen-bond donors (Lipinski definition) is 0. The van der Waals surface area contributed by atoms with Crippen molar-refractivity contribution < 1.29 is 19.1 Å². The fourth-order valence-electron chi connectivity index (χ4n) is 1.90. The van der Waals surface area contributed by atoms with Gasteiger partial charge in [0.25, 0.3) is 0 Å². The molecule has 1 fully saturated rings. The smallest absolute Gasteiger partial charge is 0.332 e. The summed E-state index contributed by atoms with van der Waals surface area (Å²) in [4.78, 5) is 24.7. The Kier molecular flexibility index (Phi) is 4.42. The molecule has 0 bridgehead atoms. The standard InChI is InChI=1S/C14H17N3O4/c1-16-6-7-17(14(19)13(16)18)15-9-10-4-5-11(20-2)12(8-10)21-3/h4-5,8-9H,6-7H2,1-3H3/b15-9-. The minimum atomic E-state index is -0.625. The van der Waals surface area contributed by atoms with Crippen molar-refractivity contribution in [2.45, 2.75) is 0 Å². The first-order valence-corrected chi connectivity index (χ1v) is 6.39. The molecule has 7 nitrogen and oxygen atoms in total. The lowest BCUT2D eigenvalue weighted by Crippen LogP contribution is -2.50. The molecule has 21 heavy (non-hydrogen) atoms. The van der Waals surface area contributed by atoms with Crippen LogP contribution >= 0.6 is 0 Å². The van der Waals surface area contributed by atoms with Crippen molar-refractivity contribution in [1.29, 1.82) is 0 Å². The molecule has 1 aromatic carbocycles. The highest BCUT2D eigenvalue weighted by atomic mass is 16.5. The molecule has 7 heteroatoms. The molecule has 0 aromatic heterocycles. The number of benzene rings is 1. The van der Waals surface area contributed by atoms with E-state index in [1.165, 1.54) is 16.1 Å². The monoisotopic (exact) mass is 291 g/mol. The average molecular weight is 291 g/mol. The van der Waals surface area contributed by atoms with Crippen LogP contribution in [0.1, 0.15) is 5.56 Å². The number of nitrogens with zero attached hydrogens (tertiary/aromatic N) is 3. The fourth-order valence-corrected chi connectivity index (χ4v) is 1.90. The van der Waals surface area contributed by atoms with Gasteiger partial charge < -0.3 is 14.4 Å². The van der Waals surface area contributed by atoms with E-state index in [0.29, 0.717) is 24.6 Å². The third kappa shape index (κ3) is 3.13. The maximum atomic E-state index is 11.8. The van der Waals surface area contributed by atoms with E-state index in [1.807, 2.05) is 0 Å². The lowest BCUT2D eigenvalue weighted by molar-refractivity contribution is -0.154. The molecule has 0 spiro atoms. The molecule has 0 aliphatic carbocycles. The number of rotatable bonds is 4. The molecule has 0 radical (unpaired) electrons. The molecule has 1 saturated heterocycles. The molecule has 1 heterocycles. The quantitative estimate of drug-likeness (QED) is 0.592. The van der Waals surface area contributed by atoms with E-state index >= 15 is 0 Å². The van der Waals surface area contributed by atoms with Gasteiger partial charge in [-0.2, -0.15) is 5.10 Å². The summed E-state index contributed by atoms with van der Waals surface area (Å²) < 4.78 is 10.3. The van der Waals surface area contributed by atoms with Crippen LogP contribution in [0.15, 0.2) is 23.3 Å². The van der Waals surface area contributed by atoms with Crippen molar-refractivity contribution in [1.82, 2.24) is 9.91 Å². The van der Waals surface area contributed by atoms with Gasteiger partial charge >= 0.3 is 11.8 Å². The minimum Gasteiger partial charge on any atom is -0.493 e. The van der Waals surface area contributed by atoms with Gasteiger partial charge in [-0.15, -0.1) is 0 Å². The van der Waals surface area contributed by atoms with E-state index in [1.54, 1.807) is 39.5 Å². The van der Waals surface area contributed by atoms with Crippen LogP contribution in [0.3, 0.4) is 0 Å². The number of likely N-dealkylation sites (N-methyl/N-ethyl adjacent to an activating group) is 1. The highest BCUT2D eigenvalue weighted by molar-refractivity contribution is 6.35. The van der Waals surface area contributed by atoms with E-state index < -0.39 is 11.8 Å². The van der Waals surface area contributed by atoms with Crippen LogP contribution in [0.2, 0.25) is 0 Å². The molecule has 2 amide bonds. The molecule has 112 valence electrons. The van der Waals surface area contributed by atoms with Crippen LogP contribution in [0.4, 0.5) is 0 Å². The zero-order chi connectivity index (χ0) is 15.4. The maximum absolute atomic E-state index is 11.8. The summed E-state index contributed by atoms with van der Waals surface area (Å²) in [5.41, 5.74) is 0.742. The van der Waals surface area contributed by atoms with E-state index in [4.69, 9.17) is 9.47 Å². The SMILES string of the molecule is COc1ccc(/C=N\N2CCN(C)C(=O)C2=O)cc1OC. The molecular weight excluding hydrogens is 274 g/mol. The summed E-state index contributed by atoms with van der Waals surface area (Å²) in [5.74, 6) is 0.00826. The zero-order valence-corrected chi connectivity index (χ0v) is 12.2. The van der Waals surface area contributed by atoms with E-state index in [2.05, 4.69) is 5.10 Å². The number of hydrogen-bond acceptors (Lipinski definition) is 5. The topological polar surface area (TPSA) is 71.4 Å². The Bertz CT molecular complexity index is 586. The number of methoxy groups -OCH3 is 2. The summed E-state index contributed by atoms with van der Waals surface area (Å²) in [6, 6.07) is 5.27. The maximum Gasteiger partial charge on any atom is 0.332 e. The van der Waals surface area contributed by atoms with Gasteiger partial charge in [0.2, 0.25) is 0 Å². The van der Waals surface area contributed by atoms with E-state index in [9.17, 15) is 9.59 Å². The number of ether oxygens (including phenoxy) is 2. The van der Waals surface area contributed by atoms with Crippen LogP contribution in [-0.4, -0.2) is 62.3 Å². The molecule has 0 N–H and O–H groups in total. The Balaban J connectivity index is 2.14. The highest BCUT2D eigenvalue weighted by Gasteiger charge is 2.29. The third-order valence-electron chi connectivity index (χ3n) is 3.17. The molecular formula is C14H17N3O4. The van der Waals surface area contributed by atoms with Crippen LogP contribution in [0.5, 0.6) is 11.5 Å². The zero-order valence-electron chi connectivity index (χ0n) is 12.2. The molecule has 0 saturated carbocycles. The average Bonchev–Trinajstić information content (AvgIpc) is 2.51. The van der Waals surface area contributed by atoms with E-state index in [-0.39, 0.29) is 0 Å². The predicted octanol–water partition coefficient (Wildman–Crippen LogP) is 0.338. The van der Waals surface area contributed by atoms with Gasteiger partial charge in [-0.1, -0.05) is 0 Å². The first kappa shape index (κ1) is 14.8. The van der Waals surface area contributed by atoms with Gasteiger partial charge in [-0.25, -0.2) is 5.01 Å². The van der Waals surface area contributed by atoms with Gasteiger partial charge in [-0.05, 0) is 23.8 Å². The van der Waals surface area contributed by atoms with Crippen LogP contribution < -0.4 is 9.47 Å². The highest BCUT2D eigenvalue weighted by Crippen LogP contribution is 2.26. The Morgan fingerprint density at radius 3 is 2.48 bits per heavy atom. The van der Waals surface area contributed by atoms with Crippen LogP contribution in [0, 0.1) is 0 Å². The lowest BCUT2D eigenvalue weighted by Gasteiger charge is -2.27.